The van der Waals surface area contributed by atoms with Gasteiger partial charge < -0.3 is 9.80 Å². The lowest BCUT2D eigenvalue weighted by molar-refractivity contribution is 0.0629. The summed E-state index contributed by atoms with van der Waals surface area (Å²) in [7, 11) is 0. The molecular formula is C24H32N4O2. The van der Waals surface area contributed by atoms with Crippen molar-refractivity contribution in [3.8, 4) is 0 Å². The molecule has 2 saturated heterocycles. The van der Waals surface area contributed by atoms with E-state index in [9.17, 15) is 9.59 Å². The van der Waals surface area contributed by atoms with Gasteiger partial charge in [0.2, 0.25) is 0 Å². The molecule has 0 aromatic carbocycles. The standard InChI is InChI=1S/C24H32N4O2/c29-22(20-15-25-21-9-4-5-13-28(21)23(20)30)27-14-11-24(18-27)10-6-12-26(17-24)16-19-7-2-1-3-8-19/h4-5,9,13,15,19H,1-3,6-8,10-12,14,16-18H2. The second kappa shape index (κ2) is 8.14. The molecule has 6 heteroatoms. The number of carbonyl (C=O) groups excluding carboxylic acids is 1. The smallest absolute Gasteiger partial charge is 0.270 e. The Morgan fingerprint density at radius 2 is 1.93 bits per heavy atom. The Morgan fingerprint density at radius 3 is 2.80 bits per heavy atom. The molecule has 30 heavy (non-hydrogen) atoms. The summed E-state index contributed by atoms with van der Waals surface area (Å²) in [5.74, 6) is 0.698. The molecular weight excluding hydrogens is 376 g/mol. The quantitative estimate of drug-likeness (QED) is 0.783. The SMILES string of the molecule is O=C(c1cnc2ccccn2c1=O)N1CCC2(CCCN(CC3CCCCC3)C2)C1. The molecule has 0 N–H and O–H groups in total. The van der Waals surface area contributed by atoms with Gasteiger partial charge in [-0.2, -0.15) is 0 Å². The number of fused-ring (bicyclic) bond motifs is 1. The first kappa shape index (κ1) is 19.7. The minimum absolute atomic E-state index is 0.160. The van der Waals surface area contributed by atoms with Gasteiger partial charge in [-0.25, -0.2) is 4.98 Å². The predicted molar refractivity (Wildman–Crippen MR) is 117 cm³/mol. The van der Waals surface area contributed by atoms with Crippen LogP contribution in [-0.4, -0.2) is 57.8 Å². The van der Waals surface area contributed by atoms with Crippen LogP contribution in [0.1, 0.15) is 61.7 Å². The second-order valence-electron chi connectivity index (χ2n) is 9.73. The lowest BCUT2D eigenvalue weighted by Crippen LogP contribution is -2.47. The highest BCUT2D eigenvalue weighted by Crippen LogP contribution is 2.40. The summed E-state index contributed by atoms with van der Waals surface area (Å²) in [4.78, 5) is 34.9. The molecule has 2 aromatic rings. The van der Waals surface area contributed by atoms with E-state index >= 15 is 0 Å². The Balaban J connectivity index is 1.28. The summed E-state index contributed by atoms with van der Waals surface area (Å²) in [6, 6.07) is 5.41. The molecule has 1 atom stereocenters. The second-order valence-corrected chi connectivity index (χ2v) is 9.73. The molecule has 2 aliphatic heterocycles. The van der Waals surface area contributed by atoms with Gasteiger partial charge in [0, 0.05) is 44.0 Å². The molecule has 6 nitrogen and oxygen atoms in total. The summed E-state index contributed by atoms with van der Waals surface area (Å²) in [6.45, 7) is 5.03. The number of piperidine rings is 1. The molecule has 160 valence electrons. The van der Waals surface area contributed by atoms with Crippen LogP contribution < -0.4 is 5.56 Å². The number of nitrogens with zero attached hydrogens (tertiary/aromatic N) is 4. The lowest BCUT2D eigenvalue weighted by atomic mass is 9.78. The summed E-state index contributed by atoms with van der Waals surface area (Å²) in [6.07, 6.45) is 13.5. The fraction of sp³-hybridized carbons (Fsp3) is 0.625. The minimum Gasteiger partial charge on any atom is -0.338 e. The topological polar surface area (TPSA) is 57.9 Å². The minimum atomic E-state index is -0.269. The zero-order chi connectivity index (χ0) is 20.6. The average Bonchev–Trinajstić information content (AvgIpc) is 3.17. The number of amides is 1. The third kappa shape index (κ3) is 3.78. The highest BCUT2D eigenvalue weighted by Gasteiger charge is 2.43. The fourth-order valence-electron chi connectivity index (χ4n) is 5.99. The molecule has 1 aliphatic carbocycles. The highest BCUT2D eigenvalue weighted by atomic mass is 16.2. The lowest BCUT2D eigenvalue weighted by Gasteiger charge is -2.42. The third-order valence-electron chi connectivity index (χ3n) is 7.55. The number of rotatable bonds is 3. The van der Waals surface area contributed by atoms with Crippen molar-refractivity contribution in [2.45, 2.75) is 51.4 Å². The summed E-state index contributed by atoms with van der Waals surface area (Å²) in [5.41, 5.74) is 0.686. The molecule has 0 bridgehead atoms. The van der Waals surface area contributed by atoms with Gasteiger partial charge >= 0.3 is 0 Å². The zero-order valence-electron chi connectivity index (χ0n) is 17.8. The van der Waals surface area contributed by atoms with Crippen molar-refractivity contribution >= 4 is 11.6 Å². The van der Waals surface area contributed by atoms with Gasteiger partial charge in [-0.15, -0.1) is 0 Å². The molecule has 4 heterocycles. The first-order valence-corrected chi connectivity index (χ1v) is 11.6. The van der Waals surface area contributed by atoms with Gasteiger partial charge in [0.15, 0.2) is 0 Å². The van der Waals surface area contributed by atoms with E-state index in [0.717, 1.165) is 32.0 Å². The normalized spacial score (nSPS) is 25.9. The number of hydrogen-bond acceptors (Lipinski definition) is 4. The van der Waals surface area contributed by atoms with Crippen molar-refractivity contribution in [1.82, 2.24) is 19.2 Å². The number of aromatic nitrogens is 2. The van der Waals surface area contributed by atoms with Crippen molar-refractivity contribution < 1.29 is 4.79 Å². The number of likely N-dealkylation sites (tertiary alicyclic amines) is 2. The van der Waals surface area contributed by atoms with Crippen LogP contribution in [0.25, 0.3) is 5.65 Å². The number of pyridine rings is 1. The maximum atomic E-state index is 13.2. The van der Waals surface area contributed by atoms with E-state index in [-0.39, 0.29) is 22.4 Å². The fourth-order valence-corrected chi connectivity index (χ4v) is 5.99. The van der Waals surface area contributed by atoms with E-state index in [2.05, 4.69) is 9.88 Å². The van der Waals surface area contributed by atoms with Crippen LogP contribution in [0.5, 0.6) is 0 Å². The number of hydrogen-bond donors (Lipinski definition) is 0. The van der Waals surface area contributed by atoms with E-state index in [1.54, 1.807) is 18.3 Å². The first-order valence-electron chi connectivity index (χ1n) is 11.6. The average molecular weight is 409 g/mol. The van der Waals surface area contributed by atoms with Crippen LogP contribution >= 0.6 is 0 Å². The molecule has 3 aliphatic rings. The van der Waals surface area contributed by atoms with Gasteiger partial charge in [-0.05, 0) is 56.7 Å². The van der Waals surface area contributed by atoms with E-state index in [4.69, 9.17) is 0 Å². The van der Waals surface area contributed by atoms with Crippen LogP contribution in [0.3, 0.4) is 0 Å². The van der Waals surface area contributed by atoms with Crippen LogP contribution in [0, 0.1) is 11.3 Å². The summed E-state index contributed by atoms with van der Waals surface area (Å²) in [5, 5.41) is 0. The number of carbonyl (C=O) groups is 1. The van der Waals surface area contributed by atoms with Crippen LogP contribution in [0.15, 0.2) is 35.4 Å². The molecule has 1 saturated carbocycles. The van der Waals surface area contributed by atoms with Crippen molar-refractivity contribution in [2.75, 3.05) is 32.7 Å². The Kier molecular flexibility index (Phi) is 5.35. The largest absolute Gasteiger partial charge is 0.338 e. The Morgan fingerprint density at radius 1 is 1.07 bits per heavy atom. The first-order chi connectivity index (χ1) is 14.6. The van der Waals surface area contributed by atoms with Crippen LogP contribution in [0.4, 0.5) is 0 Å². The maximum Gasteiger partial charge on any atom is 0.270 e. The predicted octanol–water partition coefficient (Wildman–Crippen LogP) is 3.20. The van der Waals surface area contributed by atoms with Gasteiger partial charge in [0.25, 0.3) is 11.5 Å². The maximum absolute atomic E-state index is 13.2. The zero-order valence-corrected chi connectivity index (χ0v) is 17.8. The molecule has 1 unspecified atom stereocenters. The molecule has 1 amide bonds. The van der Waals surface area contributed by atoms with Gasteiger partial charge in [-0.1, -0.05) is 25.3 Å². The van der Waals surface area contributed by atoms with Gasteiger partial charge in [-0.3, -0.25) is 14.0 Å². The monoisotopic (exact) mass is 408 g/mol. The van der Waals surface area contributed by atoms with Gasteiger partial charge in [0.1, 0.15) is 11.2 Å². The third-order valence-corrected chi connectivity index (χ3v) is 7.55. The Labute approximate surface area is 177 Å². The van der Waals surface area contributed by atoms with Crippen molar-refractivity contribution in [3.05, 3.63) is 46.5 Å². The van der Waals surface area contributed by atoms with Crippen LogP contribution in [0.2, 0.25) is 0 Å². The summed E-state index contributed by atoms with van der Waals surface area (Å²) >= 11 is 0. The van der Waals surface area contributed by atoms with Crippen molar-refractivity contribution in [3.63, 3.8) is 0 Å². The molecule has 0 radical (unpaired) electrons. The summed E-state index contributed by atoms with van der Waals surface area (Å²) < 4.78 is 1.46. The Bertz CT molecular complexity index is 981. The molecule has 1 spiro atoms. The van der Waals surface area contributed by atoms with Gasteiger partial charge in [0.05, 0.1) is 0 Å². The van der Waals surface area contributed by atoms with Crippen molar-refractivity contribution in [2.24, 2.45) is 11.3 Å². The molecule has 5 rings (SSSR count). The Hall–Kier alpha value is -2.21. The van der Waals surface area contributed by atoms with E-state index in [0.29, 0.717) is 5.65 Å². The van der Waals surface area contributed by atoms with E-state index in [1.165, 1.54) is 68.6 Å². The highest BCUT2D eigenvalue weighted by molar-refractivity contribution is 5.94. The van der Waals surface area contributed by atoms with E-state index < -0.39 is 0 Å². The molecule has 3 fully saturated rings. The van der Waals surface area contributed by atoms with Crippen LogP contribution in [-0.2, 0) is 0 Å². The van der Waals surface area contributed by atoms with E-state index in [1.807, 2.05) is 11.0 Å². The van der Waals surface area contributed by atoms with Crippen molar-refractivity contribution in [1.29, 1.82) is 0 Å². The molecule has 2 aromatic heterocycles.